The number of nitrogens with zero attached hydrogens (tertiary/aromatic N) is 1. The first-order chi connectivity index (χ1) is 12.0. The first-order valence-corrected chi connectivity index (χ1v) is 8.66. The van der Waals surface area contributed by atoms with E-state index in [1.54, 1.807) is 4.90 Å². The van der Waals surface area contributed by atoms with E-state index in [2.05, 4.69) is 31.3 Å². The topological polar surface area (TPSA) is 49.4 Å². The fourth-order valence-corrected chi connectivity index (χ4v) is 3.39. The summed E-state index contributed by atoms with van der Waals surface area (Å²) in [5.41, 5.74) is 5.59. The van der Waals surface area contributed by atoms with Crippen LogP contribution in [0.15, 0.2) is 42.5 Å². The Morgan fingerprint density at radius 2 is 1.88 bits per heavy atom. The van der Waals surface area contributed by atoms with E-state index in [0.29, 0.717) is 13.1 Å². The molecule has 0 unspecified atom stereocenters. The average Bonchev–Trinajstić information content (AvgIpc) is 2.61. The summed E-state index contributed by atoms with van der Waals surface area (Å²) in [5.74, 6) is -0.193. The lowest BCUT2D eigenvalue weighted by molar-refractivity contribution is -0.139. The summed E-state index contributed by atoms with van der Waals surface area (Å²) in [7, 11) is 0. The average molecular weight is 336 g/mol. The largest absolute Gasteiger partial charge is 0.350 e. The summed E-state index contributed by atoms with van der Waals surface area (Å²) < 4.78 is 0. The number of carbonyl (C=O) groups excluding carboxylic acids is 2. The van der Waals surface area contributed by atoms with Crippen LogP contribution in [0.25, 0.3) is 0 Å². The van der Waals surface area contributed by atoms with Crippen LogP contribution in [0.1, 0.15) is 40.8 Å². The molecule has 1 atom stereocenters. The molecule has 0 bridgehead atoms. The van der Waals surface area contributed by atoms with Crippen molar-refractivity contribution in [2.45, 2.75) is 39.8 Å². The Labute approximate surface area is 148 Å². The summed E-state index contributed by atoms with van der Waals surface area (Å²) in [5, 5.41) is 3.01. The third-order valence-electron chi connectivity index (χ3n) is 4.97. The monoisotopic (exact) mass is 336 g/mol. The highest BCUT2D eigenvalue weighted by Crippen LogP contribution is 2.30. The van der Waals surface area contributed by atoms with Crippen LogP contribution < -0.4 is 5.32 Å². The minimum absolute atomic E-state index is 0.0687. The van der Waals surface area contributed by atoms with Gasteiger partial charge in [-0.1, -0.05) is 42.5 Å². The lowest BCUT2D eigenvalue weighted by atomic mass is 9.92. The Bertz CT molecular complexity index is 813. The van der Waals surface area contributed by atoms with E-state index in [9.17, 15) is 9.59 Å². The number of carbonyl (C=O) groups is 2. The van der Waals surface area contributed by atoms with Crippen LogP contribution in [-0.2, 0) is 22.6 Å². The molecular formula is C21H24N2O2. The van der Waals surface area contributed by atoms with Gasteiger partial charge >= 0.3 is 0 Å². The number of hydrogen-bond acceptors (Lipinski definition) is 2. The van der Waals surface area contributed by atoms with Crippen LogP contribution in [0.4, 0.5) is 0 Å². The number of aryl methyl sites for hydroxylation is 2. The van der Waals surface area contributed by atoms with E-state index in [4.69, 9.17) is 0 Å². The summed E-state index contributed by atoms with van der Waals surface area (Å²) in [4.78, 5) is 26.6. The highest BCUT2D eigenvalue weighted by atomic mass is 16.2. The third-order valence-corrected chi connectivity index (χ3v) is 4.97. The number of nitrogens with one attached hydrogen (secondary N) is 1. The number of hydrogen-bond donors (Lipinski definition) is 1. The predicted octanol–water partition coefficient (Wildman–Crippen LogP) is 3.07. The van der Waals surface area contributed by atoms with Gasteiger partial charge in [0, 0.05) is 20.0 Å². The van der Waals surface area contributed by atoms with Gasteiger partial charge in [-0.25, -0.2) is 0 Å². The van der Waals surface area contributed by atoms with Gasteiger partial charge in [0.1, 0.15) is 6.04 Å². The Kier molecular flexibility index (Phi) is 4.88. The quantitative estimate of drug-likeness (QED) is 0.936. The van der Waals surface area contributed by atoms with E-state index in [0.717, 1.165) is 23.1 Å². The van der Waals surface area contributed by atoms with Gasteiger partial charge in [0.15, 0.2) is 0 Å². The zero-order valence-corrected chi connectivity index (χ0v) is 15.0. The molecule has 25 heavy (non-hydrogen) atoms. The number of rotatable bonds is 3. The summed E-state index contributed by atoms with van der Waals surface area (Å²) in [6.45, 7) is 6.70. The van der Waals surface area contributed by atoms with Crippen LogP contribution in [0, 0.1) is 13.8 Å². The normalized spacial score (nSPS) is 16.3. The fourth-order valence-electron chi connectivity index (χ4n) is 3.39. The Hall–Kier alpha value is -2.62. The molecule has 0 aliphatic carbocycles. The SMILES string of the molecule is CC(=O)N1CCc2ccccc2[C@@H]1C(=O)NCc1ccc(C)c(C)c1. The van der Waals surface area contributed by atoms with Gasteiger partial charge in [-0.15, -0.1) is 0 Å². The molecule has 1 heterocycles. The molecule has 2 aromatic rings. The molecule has 2 aromatic carbocycles. The molecule has 1 aliphatic heterocycles. The first kappa shape index (κ1) is 17.2. The minimum Gasteiger partial charge on any atom is -0.350 e. The summed E-state index contributed by atoms with van der Waals surface area (Å²) in [6.07, 6.45) is 0.788. The zero-order chi connectivity index (χ0) is 18.0. The lowest BCUT2D eigenvalue weighted by Crippen LogP contribution is -2.46. The van der Waals surface area contributed by atoms with E-state index in [1.807, 2.05) is 30.3 Å². The van der Waals surface area contributed by atoms with E-state index in [-0.39, 0.29) is 11.8 Å². The van der Waals surface area contributed by atoms with Crippen LogP contribution in [-0.4, -0.2) is 23.3 Å². The lowest BCUT2D eigenvalue weighted by Gasteiger charge is -2.35. The van der Waals surface area contributed by atoms with Gasteiger partial charge in [-0.05, 0) is 48.1 Å². The van der Waals surface area contributed by atoms with Gasteiger partial charge in [0.05, 0.1) is 0 Å². The predicted molar refractivity (Wildman–Crippen MR) is 98.0 cm³/mol. The Morgan fingerprint density at radius 3 is 2.60 bits per heavy atom. The van der Waals surface area contributed by atoms with E-state index in [1.165, 1.54) is 18.1 Å². The molecule has 2 amide bonds. The highest BCUT2D eigenvalue weighted by molar-refractivity contribution is 5.88. The number of amides is 2. The summed E-state index contributed by atoms with van der Waals surface area (Å²) in [6, 6.07) is 13.5. The zero-order valence-electron chi connectivity index (χ0n) is 15.0. The van der Waals surface area contributed by atoms with Crippen molar-refractivity contribution in [2.75, 3.05) is 6.54 Å². The van der Waals surface area contributed by atoms with Crippen LogP contribution >= 0.6 is 0 Å². The second-order valence-corrected chi connectivity index (χ2v) is 6.70. The van der Waals surface area contributed by atoms with E-state index >= 15 is 0 Å². The van der Waals surface area contributed by atoms with Gasteiger partial charge in [0.2, 0.25) is 11.8 Å². The molecule has 130 valence electrons. The van der Waals surface area contributed by atoms with Gasteiger partial charge in [-0.2, -0.15) is 0 Å². The number of fused-ring (bicyclic) bond motifs is 1. The summed E-state index contributed by atoms with van der Waals surface area (Å²) >= 11 is 0. The van der Waals surface area contributed by atoms with Crippen LogP contribution in [0.3, 0.4) is 0 Å². The van der Waals surface area contributed by atoms with Crippen molar-refractivity contribution in [3.8, 4) is 0 Å². The minimum atomic E-state index is -0.547. The molecule has 0 saturated carbocycles. The van der Waals surface area contributed by atoms with Crippen molar-refractivity contribution in [1.82, 2.24) is 10.2 Å². The molecule has 4 nitrogen and oxygen atoms in total. The van der Waals surface area contributed by atoms with Crippen molar-refractivity contribution in [1.29, 1.82) is 0 Å². The molecule has 0 aromatic heterocycles. The molecule has 4 heteroatoms. The molecule has 0 radical (unpaired) electrons. The van der Waals surface area contributed by atoms with Crippen molar-refractivity contribution in [3.63, 3.8) is 0 Å². The second-order valence-electron chi connectivity index (χ2n) is 6.70. The second kappa shape index (κ2) is 7.09. The molecule has 0 fully saturated rings. The maximum absolute atomic E-state index is 12.9. The third kappa shape index (κ3) is 3.58. The molecule has 3 rings (SSSR count). The van der Waals surface area contributed by atoms with Crippen molar-refractivity contribution in [2.24, 2.45) is 0 Å². The molecule has 0 saturated heterocycles. The standard InChI is InChI=1S/C21H24N2O2/c1-14-8-9-17(12-15(14)2)13-22-21(25)20-19-7-5-4-6-18(19)10-11-23(20)16(3)24/h4-9,12,20H,10-11,13H2,1-3H3,(H,22,25)/t20-/m1/s1. The highest BCUT2D eigenvalue weighted by Gasteiger charge is 2.34. The Morgan fingerprint density at radius 1 is 1.12 bits per heavy atom. The van der Waals surface area contributed by atoms with Gasteiger partial charge < -0.3 is 10.2 Å². The smallest absolute Gasteiger partial charge is 0.247 e. The van der Waals surface area contributed by atoms with Crippen molar-refractivity contribution >= 4 is 11.8 Å². The maximum Gasteiger partial charge on any atom is 0.247 e. The van der Waals surface area contributed by atoms with E-state index < -0.39 is 6.04 Å². The molecular weight excluding hydrogens is 312 g/mol. The van der Waals surface area contributed by atoms with Gasteiger partial charge in [0.25, 0.3) is 0 Å². The Balaban J connectivity index is 1.81. The molecule has 0 spiro atoms. The number of benzene rings is 2. The van der Waals surface area contributed by atoms with Gasteiger partial charge in [-0.3, -0.25) is 9.59 Å². The van der Waals surface area contributed by atoms with Crippen LogP contribution in [0.5, 0.6) is 0 Å². The fraction of sp³-hybridized carbons (Fsp3) is 0.333. The maximum atomic E-state index is 12.9. The van der Waals surface area contributed by atoms with Crippen LogP contribution in [0.2, 0.25) is 0 Å². The molecule has 1 N–H and O–H groups in total. The van der Waals surface area contributed by atoms with Crippen molar-refractivity contribution in [3.05, 3.63) is 70.3 Å². The van der Waals surface area contributed by atoms with Crippen molar-refractivity contribution < 1.29 is 9.59 Å². The molecule has 1 aliphatic rings. The first-order valence-electron chi connectivity index (χ1n) is 8.66.